The third-order valence-corrected chi connectivity index (χ3v) is 4.96. The number of benzene rings is 1. The van der Waals surface area contributed by atoms with Crippen molar-refractivity contribution in [1.29, 1.82) is 0 Å². The van der Waals surface area contributed by atoms with Crippen LogP contribution in [0.5, 0.6) is 0 Å². The number of sulfonamides is 1. The number of likely N-dealkylation sites (N-methyl/N-ethyl adjacent to an activating group) is 1. The number of nitrogens with zero attached hydrogens (tertiary/aromatic N) is 2. The topological polar surface area (TPSA) is 50.3 Å². The molecule has 0 atom stereocenters. The first kappa shape index (κ1) is 19.9. The summed E-state index contributed by atoms with van der Waals surface area (Å²) in [6.07, 6.45) is -3.14. The standard InChI is InChI=1S/C18H17F3N2O2S/c1-14(16-9-6-10-17(22-16)18(19,20)21)13-23(2)26(24,25)12-11-15-7-4-3-5-8-15/h3-12H,1,13H2,2H3/b12-11+. The Morgan fingerprint density at radius 2 is 1.81 bits per heavy atom. The maximum Gasteiger partial charge on any atom is 0.433 e. The molecule has 0 saturated carbocycles. The van der Waals surface area contributed by atoms with Crippen LogP contribution in [0.15, 0.2) is 60.5 Å². The summed E-state index contributed by atoms with van der Waals surface area (Å²) in [6.45, 7) is 3.48. The molecule has 1 aromatic heterocycles. The molecular weight excluding hydrogens is 365 g/mol. The molecule has 0 amide bonds. The van der Waals surface area contributed by atoms with Gasteiger partial charge in [-0.3, -0.25) is 0 Å². The molecule has 0 N–H and O–H groups in total. The molecule has 0 aliphatic heterocycles. The summed E-state index contributed by atoms with van der Waals surface area (Å²) < 4.78 is 63.8. The number of halogens is 3. The van der Waals surface area contributed by atoms with Crippen LogP contribution >= 0.6 is 0 Å². The first-order valence-corrected chi connectivity index (χ1v) is 9.02. The van der Waals surface area contributed by atoms with Gasteiger partial charge in [0.15, 0.2) is 0 Å². The Morgan fingerprint density at radius 1 is 1.15 bits per heavy atom. The van der Waals surface area contributed by atoms with Crippen LogP contribution < -0.4 is 0 Å². The van der Waals surface area contributed by atoms with E-state index in [0.717, 1.165) is 15.8 Å². The van der Waals surface area contributed by atoms with Gasteiger partial charge in [-0.05, 0) is 29.3 Å². The molecule has 0 spiro atoms. The van der Waals surface area contributed by atoms with E-state index in [1.807, 2.05) is 6.07 Å². The number of rotatable bonds is 6. The zero-order chi connectivity index (χ0) is 19.4. The van der Waals surface area contributed by atoms with E-state index < -0.39 is 21.9 Å². The molecule has 0 unspecified atom stereocenters. The summed E-state index contributed by atoms with van der Waals surface area (Å²) in [5.74, 6) is 0. The number of pyridine rings is 1. The highest BCUT2D eigenvalue weighted by Crippen LogP contribution is 2.28. The van der Waals surface area contributed by atoms with Crippen LogP contribution in [-0.2, 0) is 16.2 Å². The van der Waals surface area contributed by atoms with E-state index in [4.69, 9.17) is 0 Å². The van der Waals surface area contributed by atoms with Gasteiger partial charge in [0.25, 0.3) is 0 Å². The second kappa shape index (κ2) is 7.84. The van der Waals surface area contributed by atoms with Crippen molar-refractivity contribution >= 4 is 21.7 Å². The molecule has 0 bridgehead atoms. The van der Waals surface area contributed by atoms with Gasteiger partial charge in [-0.15, -0.1) is 0 Å². The fraction of sp³-hybridized carbons (Fsp3) is 0.167. The Hall–Kier alpha value is -2.45. The normalized spacial score (nSPS) is 12.7. The predicted molar refractivity (Wildman–Crippen MR) is 95.3 cm³/mol. The zero-order valence-corrected chi connectivity index (χ0v) is 14.8. The highest BCUT2D eigenvalue weighted by molar-refractivity contribution is 7.92. The van der Waals surface area contributed by atoms with Gasteiger partial charge in [0, 0.05) is 19.0 Å². The van der Waals surface area contributed by atoms with Gasteiger partial charge in [0.05, 0.1) is 5.69 Å². The third kappa shape index (κ3) is 5.27. The smallest absolute Gasteiger partial charge is 0.244 e. The van der Waals surface area contributed by atoms with Gasteiger partial charge in [-0.25, -0.2) is 13.4 Å². The van der Waals surface area contributed by atoms with Crippen LogP contribution in [0.2, 0.25) is 0 Å². The molecule has 4 nitrogen and oxygen atoms in total. The lowest BCUT2D eigenvalue weighted by Gasteiger charge is -2.16. The van der Waals surface area contributed by atoms with Crippen molar-refractivity contribution in [3.05, 3.63) is 77.5 Å². The summed E-state index contributed by atoms with van der Waals surface area (Å²) >= 11 is 0. The lowest BCUT2D eigenvalue weighted by Crippen LogP contribution is -2.26. The van der Waals surface area contributed by atoms with E-state index >= 15 is 0 Å². The molecule has 138 valence electrons. The molecule has 0 radical (unpaired) electrons. The van der Waals surface area contributed by atoms with Crippen LogP contribution in [-0.4, -0.2) is 31.3 Å². The van der Waals surface area contributed by atoms with Crippen molar-refractivity contribution in [2.24, 2.45) is 0 Å². The molecule has 8 heteroatoms. The quantitative estimate of drug-likeness (QED) is 0.758. The van der Waals surface area contributed by atoms with Gasteiger partial charge < -0.3 is 0 Å². The average molecular weight is 382 g/mol. The van der Waals surface area contributed by atoms with Crippen LogP contribution in [0.4, 0.5) is 13.2 Å². The van der Waals surface area contributed by atoms with Crippen molar-refractivity contribution in [3.8, 4) is 0 Å². The summed E-state index contributed by atoms with van der Waals surface area (Å²) in [7, 11) is -2.44. The van der Waals surface area contributed by atoms with Crippen LogP contribution in [0, 0.1) is 0 Å². The molecule has 0 fully saturated rings. The molecule has 2 rings (SSSR count). The monoisotopic (exact) mass is 382 g/mol. The Bertz CT molecular complexity index is 908. The van der Waals surface area contributed by atoms with Crippen LogP contribution in [0.3, 0.4) is 0 Å². The Labute approximate surface area is 150 Å². The van der Waals surface area contributed by atoms with Crippen molar-refractivity contribution in [2.45, 2.75) is 6.18 Å². The fourth-order valence-corrected chi connectivity index (χ4v) is 2.93. The van der Waals surface area contributed by atoms with Crippen molar-refractivity contribution in [1.82, 2.24) is 9.29 Å². The van der Waals surface area contributed by atoms with Crippen molar-refractivity contribution in [2.75, 3.05) is 13.6 Å². The van der Waals surface area contributed by atoms with Crippen LogP contribution in [0.1, 0.15) is 17.0 Å². The number of aromatic nitrogens is 1. The minimum absolute atomic E-state index is 0.00564. The predicted octanol–water partition coefficient (Wildman–Crippen LogP) is 4.05. The second-order valence-corrected chi connectivity index (χ2v) is 7.45. The van der Waals surface area contributed by atoms with Gasteiger partial charge in [-0.2, -0.15) is 17.5 Å². The molecule has 26 heavy (non-hydrogen) atoms. The van der Waals surface area contributed by atoms with Crippen molar-refractivity contribution < 1.29 is 21.6 Å². The van der Waals surface area contributed by atoms with E-state index in [2.05, 4.69) is 11.6 Å². The van der Waals surface area contributed by atoms with Crippen LogP contribution in [0.25, 0.3) is 11.6 Å². The van der Waals surface area contributed by atoms with E-state index in [1.165, 1.54) is 25.3 Å². The summed E-state index contributed by atoms with van der Waals surface area (Å²) in [4.78, 5) is 3.51. The lowest BCUT2D eigenvalue weighted by atomic mass is 10.2. The van der Waals surface area contributed by atoms with E-state index in [1.54, 1.807) is 24.3 Å². The van der Waals surface area contributed by atoms with Gasteiger partial charge >= 0.3 is 6.18 Å². The first-order valence-electron chi connectivity index (χ1n) is 7.51. The van der Waals surface area contributed by atoms with Crippen molar-refractivity contribution in [3.63, 3.8) is 0 Å². The largest absolute Gasteiger partial charge is 0.433 e. The van der Waals surface area contributed by atoms with Gasteiger partial charge in [0.1, 0.15) is 5.69 Å². The molecule has 1 heterocycles. The second-order valence-electron chi connectivity index (χ2n) is 5.52. The highest BCUT2D eigenvalue weighted by atomic mass is 32.2. The first-order chi connectivity index (χ1) is 12.1. The fourth-order valence-electron chi connectivity index (χ4n) is 2.06. The van der Waals surface area contributed by atoms with Gasteiger partial charge in [0.2, 0.25) is 10.0 Å². The maximum atomic E-state index is 12.7. The minimum Gasteiger partial charge on any atom is -0.244 e. The third-order valence-electron chi connectivity index (χ3n) is 3.48. The maximum absolute atomic E-state index is 12.7. The van der Waals surface area contributed by atoms with E-state index in [-0.39, 0.29) is 17.8 Å². The summed E-state index contributed by atoms with van der Waals surface area (Å²) in [5, 5.41) is 1.04. The molecule has 0 saturated heterocycles. The molecule has 1 aromatic carbocycles. The summed E-state index contributed by atoms with van der Waals surface area (Å²) in [6, 6.07) is 12.3. The number of alkyl halides is 3. The Balaban J connectivity index is 2.12. The molecule has 0 aliphatic carbocycles. The highest BCUT2D eigenvalue weighted by Gasteiger charge is 2.32. The minimum atomic E-state index is -4.58. The number of hydrogen-bond donors (Lipinski definition) is 0. The number of hydrogen-bond acceptors (Lipinski definition) is 3. The molecule has 2 aromatic rings. The van der Waals surface area contributed by atoms with E-state index in [0.29, 0.717) is 5.56 Å². The Kier molecular flexibility index (Phi) is 5.99. The molecule has 0 aliphatic rings. The zero-order valence-electron chi connectivity index (χ0n) is 13.9. The molecular formula is C18H17F3N2O2S. The van der Waals surface area contributed by atoms with Gasteiger partial charge in [-0.1, -0.05) is 43.0 Å². The lowest BCUT2D eigenvalue weighted by molar-refractivity contribution is -0.141. The Morgan fingerprint density at radius 3 is 2.42 bits per heavy atom. The summed E-state index contributed by atoms with van der Waals surface area (Å²) in [5.41, 5.74) is -0.183. The average Bonchev–Trinajstić information content (AvgIpc) is 2.60. The van der Waals surface area contributed by atoms with E-state index in [9.17, 15) is 21.6 Å². The SMILES string of the molecule is C=C(CN(C)S(=O)(=O)/C=C/c1ccccc1)c1cccc(C(F)(F)F)n1.